The van der Waals surface area contributed by atoms with Crippen molar-refractivity contribution in [2.24, 2.45) is 0 Å². The van der Waals surface area contributed by atoms with Gasteiger partial charge in [-0.15, -0.1) is 0 Å². The molecule has 0 heterocycles. The van der Waals surface area contributed by atoms with E-state index < -0.39 is 39.6 Å². The Hall–Kier alpha value is -3.44. The number of aliphatic carboxylic acids is 1. The number of hydrogen-bond acceptors (Lipinski definition) is 6. The van der Waals surface area contributed by atoms with Crippen LogP contribution in [-0.2, 0) is 31.8 Å². The van der Waals surface area contributed by atoms with Gasteiger partial charge in [-0.25, -0.2) is 18.0 Å². The molecule has 0 aliphatic rings. The van der Waals surface area contributed by atoms with E-state index in [1.807, 2.05) is 0 Å². The van der Waals surface area contributed by atoms with Gasteiger partial charge >= 0.3 is 12.1 Å². The minimum atomic E-state index is -3.87. The van der Waals surface area contributed by atoms with Crippen molar-refractivity contribution in [3.63, 3.8) is 0 Å². The van der Waals surface area contributed by atoms with Crippen molar-refractivity contribution in [3.8, 4) is 5.75 Å². The molecule has 35 heavy (non-hydrogen) atoms. The first kappa shape index (κ1) is 27.8. The first-order valence-electron chi connectivity index (χ1n) is 10.8. The van der Waals surface area contributed by atoms with E-state index in [0.29, 0.717) is 11.1 Å². The molecular formula is C24H31N3O7S. The van der Waals surface area contributed by atoms with Crippen LogP contribution in [0.5, 0.6) is 5.75 Å². The Morgan fingerprint density at radius 1 is 0.971 bits per heavy atom. The van der Waals surface area contributed by atoms with Gasteiger partial charge in [0.05, 0.1) is 5.75 Å². The minimum absolute atomic E-state index is 0.0560. The third-order valence-corrected chi connectivity index (χ3v) is 7.48. The van der Waals surface area contributed by atoms with Crippen LogP contribution in [0.25, 0.3) is 0 Å². The van der Waals surface area contributed by atoms with Crippen LogP contribution in [0.4, 0.5) is 4.79 Å². The van der Waals surface area contributed by atoms with Crippen molar-refractivity contribution < 1.29 is 32.6 Å². The number of carbonyl (C=O) groups is 3. The van der Waals surface area contributed by atoms with Gasteiger partial charge in [-0.05, 0) is 37.1 Å². The molecule has 2 N–H and O–H groups in total. The lowest BCUT2D eigenvalue weighted by atomic mass is 10.0. The zero-order valence-electron chi connectivity index (χ0n) is 20.4. The van der Waals surface area contributed by atoms with Gasteiger partial charge in [0.2, 0.25) is 15.9 Å². The average molecular weight is 506 g/mol. The number of nitrogens with one attached hydrogen (secondary N) is 1. The quantitative estimate of drug-likeness (QED) is 0.505. The van der Waals surface area contributed by atoms with E-state index in [1.54, 1.807) is 56.6 Å². The van der Waals surface area contributed by atoms with Crippen LogP contribution in [0.3, 0.4) is 0 Å². The normalized spacial score (nSPS) is 12.6. The molecule has 0 saturated heterocycles. The lowest BCUT2D eigenvalue weighted by Crippen LogP contribution is -2.58. The largest absolute Gasteiger partial charge is 0.480 e. The summed E-state index contributed by atoms with van der Waals surface area (Å²) in [5.74, 6) is -2.03. The van der Waals surface area contributed by atoms with E-state index in [-0.39, 0.29) is 17.9 Å². The van der Waals surface area contributed by atoms with Gasteiger partial charge in [-0.3, -0.25) is 4.79 Å². The van der Waals surface area contributed by atoms with Gasteiger partial charge in [-0.2, -0.15) is 4.31 Å². The molecule has 0 bridgehead atoms. The highest BCUT2D eigenvalue weighted by atomic mass is 32.2. The molecule has 1 atom stereocenters. The lowest BCUT2D eigenvalue weighted by Gasteiger charge is -2.34. The Balaban J connectivity index is 2.10. The number of carboxylic acid groups (broad SMARTS) is 1. The summed E-state index contributed by atoms with van der Waals surface area (Å²) < 4.78 is 31.9. The number of carbonyl (C=O) groups excluding carboxylic acids is 2. The summed E-state index contributed by atoms with van der Waals surface area (Å²) in [6.45, 7) is 2.83. The molecular weight excluding hydrogens is 474 g/mol. The maximum atomic E-state index is 13.0. The van der Waals surface area contributed by atoms with Crippen molar-refractivity contribution in [1.82, 2.24) is 14.5 Å². The van der Waals surface area contributed by atoms with Gasteiger partial charge in [0.15, 0.2) is 0 Å². The third kappa shape index (κ3) is 7.52. The van der Waals surface area contributed by atoms with Gasteiger partial charge in [-0.1, -0.05) is 42.5 Å². The van der Waals surface area contributed by atoms with Crippen molar-refractivity contribution in [2.45, 2.75) is 37.6 Å². The highest BCUT2D eigenvalue weighted by Crippen LogP contribution is 2.21. The Morgan fingerprint density at radius 2 is 1.54 bits per heavy atom. The fourth-order valence-electron chi connectivity index (χ4n) is 3.03. The number of rotatable bonds is 10. The van der Waals surface area contributed by atoms with Gasteiger partial charge in [0.25, 0.3) is 0 Å². The van der Waals surface area contributed by atoms with Crippen LogP contribution in [0.1, 0.15) is 25.0 Å². The number of amides is 2. The van der Waals surface area contributed by atoms with E-state index >= 15 is 0 Å². The minimum Gasteiger partial charge on any atom is -0.480 e. The van der Waals surface area contributed by atoms with Crippen LogP contribution in [-0.4, -0.2) is 73.4 Å². The summed E-state index contributed by atoms with van der Waals surface area (Å²) in [7, 11) is 0.510. The number of hydrogen-bond donors (Lipinski definition) is 2. The van der Waals surface area contributed by atoms with Crippen LogP contribution in [0.15, 0.2) is 54.6 Å². The first-order valence-corrected chi connectivity index (χ1v) is 12.4. The van der Waals surface area contributed by atoms with Crippen LogP contribution < -0.4 is 10.1 Å². The highest BCUT2D eigenvalue weighted by molar-refractivity contribution is 7.88. The lowest BCUT2D eigenvalue weighted by molar-refractivity contribution is -0.143. The standard InChI is InChI=1S/C24H31N3O7S/c1-24(2,27(5)35(32,33)16-18-9-7-6-8-10-18)22(30)25-20(21(28)29)15-17-11-13-19(14-12-17)34-23(31)26(3)4/h6-14,20H,15-16H2,1-5H3,(H,25,30)(H,28,29)/t20-/m0/s1. The van der Waals surface area contributed by atoms with Crippen molar-refractivity contribution >= 4 is 28.0 Å². The van der Waals surface area contributed by atoms with Crippen LogP contribution in [0.2, 0.25) is 0 Å². The molecule has 0 spiro atoms. The van der Waals surface area contributed by atoms with E-state index in [0.717, 1.165) is 4.31 Å². The second-order valence-corrected chi connectivity index (χ2v) is 10.7. The molecule has 190 valence electrons. The SMILES string of the molecule is CN(C)C(=O)Oc1ccc(C[C@H](NC(=O)C(C)(C)N(C)S(=O)(=O)Cc2ccccc2)C(=O)O)cc1. The van der Waals surface area contributed by atoms with Crippen molar-refractivity contribution in [2.75, 3.05) is 21.1 Å². The second kappa shape index (κ2) is 11.3. The number of likely N-dealkylation sites (N-methyl/N-ethyl adjacent to an activating group) is 1. The molecule has 0 aromatic heterocycles. The van der Waals surface area contributed by atoms with E-state index in [9.17, 15) is 27.9 Å². The zero-order valence-corrected chi connectivity index (χ0v) is 21.2. The predicted molar refractivity (Wildman–Crippen MR) is 130 cm³/mol. The monoisotopic (exact) mass is 505 g/mol. The third-order valence-electron chi connectivity index (χ3n) is 5.49. The van der Waals surface area contributed by atoms with E-state index in [1.165, 1.54) is 37.9 Å². The molecule has 0 aliphatic heterocycles. The number of carboxylic acids is 1. The van der Waals surface area contributed by atoms with Crippen LogP contribution >= 0.6 is 0 Å². The van der Waals surface area contributed by atoms with E-state index in [2.05, 4.69) is 5.32 Å². The van der Waals surface area contributed by atoms with Gasteiger partial charge in [0, 0.05) is 27.6 Å². The number of sulfonamides is 1. The predicted octanol–water partition coefficient (Wildman–Crippen LogP) is 2.10. The van der Waals surface area contributed by atoms with Crippen molar-refractivity contribution in [3.05, 3.63) is 65.7 Å². The highest BCUT2D eigenvalue weighted by Gasteiger charge is 2.40. The van der Waals surface area contributed by atoms with Gasteiger partial charge < -0.3 is 20.1 Å². The number of nitrogens with zero attached hydrogens (tertiary/aromatic N) is 2. The summed E-state index contributed by atoms with van der Waals surface area (Å²) in [6, 6.07) is 13.5. The summed E-state index contributed by atoms with van der Waals surface area (Å²) in [5, 5.41) is 12.1. The molecule has 2 amide bonds. The summed E-state index contributed by atoms with van der Waals surface area (Å²) in [6.07, 6.45) is -0.610. The summed E-state index contributed by atoms with van der Waals surface area (Å²) >= 11 is 0. The maximum Gasteiger partial charge on any atom is 0.414 e. The molecule has 2 rings (SSSR count). The molecule has 11 heteroatoms. The molecule has 0 saturated carbocycles. The topological polar surface area (TPSA) is 133 Å². The first-order chi connectivity index (χ1) is 16.2. The molecule has 2 aromatic carbocycles. The Kier molecular flexibility index (Phi) is 9.00. The fourth-order valence-corrected chi connectivity index (χ4v) is 4.61. The van der Waals surface area contributed by atoms with Crippen molar-refractivity contribution in [1.29, 1.82) is 0 Å². The molecule has 0 radical (unpaired) electrons. The molecule has 0 fully saturated rings. The van der Waals surface area contributed by atoms with E-state index in [4.69, 9.17) is 4.74 Å². The summed E-state index contributed by atoms with van der Waals surface area (Å²) in [5.41, 5.74) is -0.408. The molecule has 0 unspecified atom stereocenters. The average Bonchev–Trinajstić information content (AvgIpc) is 2.79. The van der Waals surface area contributed by atoms with Crippen LogP contribution in [0, 0.1) is 0 Å². The molecule has 2 aromatic rings. The van der Waals surface area contributed by atoms with Gasteiger partial charge in [0.1, 0.15) is 17.3 Å². The zero-order chi connectivity index (χ0) is 26.4. The molecule has 10 nitrogen and oxygen atoms in total. The number of ether oxygens (including phenoxy) is 1. The Morgan fingerprint density at radius 3 is 2.06 bits per heavy atom. The summed E-state index contributed by atoms with van der Waals surface area (Å²) in [4.78, 5) is 37.8. The second-order valence-electron chi connectivity index (χ2n) is 8.74. The number of benzene rings is 2. The fraction of sp³-hybridized carbons (Fsp3) is 0.375. The Bertz CT molecular complexity index is 1150. The smallest absolute Gasteiger partial charge is 0.414 e. The Labute approximate surface area is 205 Å². The maximum absolute atomic E-state index is 13.0. The molecule has 0 aliphatic carbocycles.